The lowest BCUT2D eigenvalue weighted by molar-refractivity contribution is 0.118. The van der Waals surface area contributed by atoms with Crippen molar-refractivity contribution in [2.45, 2.75) is 45.7 Å². The summed E-state index contributed by atoms with van der Waals surface area (Å²) in [5, 5.41) is 3.47. The van der Waals surface area contributed by atoms with Gasteiger partial charge in [0, 0.05) is 37.8 Å². The molecule has 1 heterocycles. The van der Waals surface area contributed by atoms with Crippen molar-refractivity contribution in [2.24, 2.45) is 11.7 Å². The maximum Gasteiger partial charge on any atom is 0.0226 e. The number of nitrogens with two attached hydrogens (primary N) is 1. The van der Waals surface area contributed by atoms with Gasteiger partial charge in [0.05, 0.1) is 0 Å². The van der Waals surface area contributed by atoms with Crippen LogP contribution in [0, 0.1) is 5.92 Å². The molecule has 1 aliphatic rings. The van der Waals surface area contributed by atoms with Crippen LogP contribution in [0.25, 0.3) is 0 Å². The average molecular weight is 213 g/mol. The molecule has 0 radical (unpaired) electrons. The van der Waals surface area contributed by atoms with Crippen LogP contribution in [-0.2, 0) is 0 Å². The predicted octanol–water partition coefficient (Wildman–Crippen LogP) is 1.04. The van der Waals surface area contributed by atoms with Gasteiger partial charge >= 0.3 is 0 Å². The van der Waals surface area contributed by atoms with Crippen molar-refractivity contribution < 1.29 is 0 Å². The van der Waals surface area contributed by atoms with Gasteiger partial charge in [-0.1, -0.05) is 13.8 Å². The minimum absolute atomic E-state index is 0.0768. The maximum absolute atomic E-state index is 6.10. The monoisotopic (exact) mass is 213 g/mol. The van der Waals surface area contributed by atoms with E-state index in [1.165, 1.54) is 6.42 Å². The zero-order valence-electron chi connectivity index (χ0n) is 10.7. The van der Waals surface area contributed by atoms with Crippen LogP contribution in [0.2, 0.25) is 0 Å². The summed E-state index contributed by atoms with van der Waals surface area (Å²) < 4.78 is 0. The average Bonchev–Trinajstić information content (AvgIpc) is 2.05. The first-order valence-electron chi connectivity index (χ1n) is 6.12. The van der Waals surface area contributed by atoms with Crippen molar-refractivity contribution in [3.8, 4) is 0 Å². The van der Waals surface area contributed by atoms with Crippen LogP contribution in [-0.4, -0.2) is 42.7 Å². The fraction of sp³-hybridized carbons (Fsp3) is 1.00. The van der Waals surface area contributed by atoms with Gasteiger partial charge in [-0.2, -0.15) is 0 Å². The van der Waals surface area contributed by atoms with Crippen LogP contribution in [0.5, 0.6) is 0 Å². The Morgan fingerprint density at radius 3 is 2.67 bits per heavy atom. The van der Waals surface area contributed by atoms with E-state index in [1.807, 2.05) is 0 Å². The Kier molecular flexibility index (Phi) is 4.56. The van der Waals surface area contributed by atoms with E-state index in [4.69, 9.17) is 5.73 Å². The molecule has 1 rings (SSSR count). The molecule has 90 valence electrons. The number of hydrogen-bond donors (Lipinski definition) is 2. The van der Waals surface area contributed by atoms with Crippen molar-refractivity contribution in [1.82, 2.24) is 10.2 Å². The molecule has 0 amide bonds. The molecule has 0 spiro atoms. The molecule has 0 aliphatic carbocycles. The number of nitrogens with one attached hydrogen (secondary N) is 1. The van der Waals surface area contributed by atoms with Crippen LogP contribution < -0.4 is 11.1 Å². The minimum Gasteiger partial charge on any atom is -0.324 e. The Morgan fingerprint density at radius 2 is 2.13 bits per heavy atom. The molecule has 0 aromatic rings. The molecule has 1 atom stereocenters. The van der Waals surface area contributed by atoms with Crippen molar-refractivity contribution in [2.75, 3.05) is 26.2 Å². The zero-order valence-corrected chi connectivity index (χ0v) is 10.7. The summed E-state index contributed by atoms with van der Waals surface area (Å²) in [6.45, 7) is 13.2. The van der Waals surface area contributed by atoms with Crippen molar-refractivity contribution in [3.05, 3.63) is 0 Å². The van der Waals surface area contributed by atoms with Crippen LogP contribution in [0.3, 0.4) is 0 Å². The number of hydrogen-bond acceptors (Lipinski definition) is 3. The first kappa shape index (κ1) is 12.9. The van der Waals surface area contributed by atoms with Gasteiger partial charge in [0.1, 0.15) is 0 Å². The van der Waals surface area contributed by atoms with E-state index in [1.54, 1.807) is 0 Å². The molecular weight excluding hydrogens is 186 g/mol. The Balaban J connectivity index is 2.50. The lowest BCUT2D eigenvalue weighted by atomic mass is 9.98. The summed E-state index contributed by atoms with van der Waals surface area (Å²) in [5.41, 5.74) is 6.02. The molecule has 0 saturated carbocycles. The van der Waals surface area contributed by atoms with Gasteiger partial charge in [0.15, 0.2) is 0 Å². The smallest absolute Gasteiger partial charge is 0.0226 e. The summed E-state index contributed by atoms with van der Waals surface area (Å²) in [6, 6.07) is 0.668. The van der Waals surface area contributed by atoms with E-state index in [9.17, 15) is 0 Å². The van der Waals surface area contributed by atoms with Gasteiger partial charge in [0.25, 0.3) is 0 Å². The first-order chi connectivity index (χ1) is 6.88. The van der Waals surface area contributed by atoms with Crippen molar-refractivity contribution in [3.63, 3.8) is 0 Å². The molecule has 1 unspecified atom stereocenters. The van der Waals surface area contributed by atoms with Gasteiger partial charge in [-0.05, 0) is 26.2 Å². The lowest BCUT2D eigenvalue weighted by Crippen LogP contribution is -2.57. The standard InChI is InChI=1S/C12H27N3/c1-10(2)7-11-8-14-5-6-15(11)9-12(3,4)13/h10-11,14H,5-9,13H2,1-4H3. The second-order valence-corrected chi connectivity index (χ2v) is 5.95. The minimum atomic E-state index is -0.0768. The zero-order chi connectivity index (χ0) is 11.5. The maximum atomic E-state index is 6.10. The highest BCUT2D eigenvalue weighted by atomic mass is 15.2. The number of nitrogens with zero attached hydrogens (tertiary/aromatic N) is 1. The molecule has 3 heteroatoms. The number of piperazine rings is 1. The lowest BCUT2D eigenvalue weighted by Gasteiger charge is -2.40. The summed E-state index contributed by atoms with van der Waals surface area (Å²) >= 11 is 0. The summed E-state index contributed by atoms with van der Waals surface area (Å²) in [5.74, 6) is 0.762. The molecule has 3 N–H and O–H groups in total. The van der Waals surface area contributed by atoms with Gasteiger partial charge in [-0.25, -0.2) is 0 Å². The van der Waals surface area contributed by atoms with Gasteiger partial charge in [-0.3, -0.25) is 4.90 Å². The van der Waals surface area contributed by atoms with E-state index in [-0.39, 0.29) is 5.54 Å². The molecule has 1 fully saturated rings. The predicted molar refractivity (Wildman–Crippen MR) is 66.0 cm³/mol. The van der Waals surface area contributed by atoms with Gasteiger partial charge < -0.3 is 11.1 Å². The van der Waals surface area contributed by atoms with E-state index in [2.05, 4.69) is 37.9 Å². The SMILES string of the molecule is CC(C)CC1CNCCN1CC(C)(C)N. The van der Waals surface area contributed by atoms with Crippen molar-refractivity contribution >= 4 is 0 Å². The van der Waals surface area contributed by atoms with Crippen LogP contribution in [0.15, 0.2) is 0 Å². The molecule has 0 bridgehead atoms. The van der Waals surface area contributed by atoms with Crippen LogP contribution >= 0.6 is 0 Å². The highest BCUT2D eigenvalue weighted by Gasteiger charge is 2.26. The quantitative estimate of drug-likeness (QED) is 0.733. The van der Waals surface area contributed by atoms with Crippen LogP contribution in [0.1, 0.15) is 34.1 Å². The van der Waals surface area contributed by atoms with Gasteiger partial charge in [0.2, 0.25) is 0 Å². The summed E-state index contributed by atoms with van der Waals surface area (Å²) in [7, 11) is 0. The third-order valence-corrected chi connectivity index (χ3v) is 2.83. The Labute approximate surface area is 94.4 Å². The van der Waals surface area contributed by atoms with E-state index in [0.717, 1.165) is 32.1 Å². The first-order valence-corrected chi connectivity index (χ1v) is 6.12. The molecule has 1 aliphatic heterocycles. The Hall–Kier alpha value is -0.120. The molecule has 0 aromatic heterocycles. The molecule has 15 heavy (non-hydrogen) atoms. The fourth-order valence-electron chi connectivity index (χ4n) is 2.31. The summed E-state index contributed by atoms with van der Waals surface area (Å²) in [6.07, 6.45) is 1.27. The Morgan fingerprint density at radius 1 is 1.47 bits per heavy atom. The number of rotatable bonds is 4. The highest BCUT2D eigenvalue weighted by molar-refractivity contribution is 4.86. The molecule has 3 nitrogen and oxygen atoms in total. The van der Waals surface area contributed by atoms with Gasteiger partial charge in [-0.15, -0.1) is 0 Å². The fourth-order valence-corrected chi connectivity index (χ4v) is 2.31. The molecule has 0 aromatic carbocycles. The third kappa shape index (κ3) is 4.96. The Bertz CT molecular complexity index is 184. The largest absolute Gasteiger partial charge is 0.324 e. The molecular formula is C12H27N3. The van der Waals surface area contributed by atoms with E-state index < -0.39 is 0 Å². The molecule has 1 saturated heterocycles. The van der Waals surface area contributed by atoms with Crippen LogP contribution in [0.4, 0.5) is 0 Å². The van der Waals surface area contributed by atoms with Crippen molar-refractivity contribution in [1.29, 1.82) is 0 Å². The normalized spacial score (nSPS) is 24.8. The van der Waals surface area contributed by atoms with E-state index in [0.29, 0.717) is 6.04 Å². The topological polar surface area (TPSA) is 41.3 Å². The second-order valence-electron chi connectivity index (χ2n) is 5.95. The van der Waals surface area contributed by atoms with E-state index >= 15 is 0 Å². The summed E-state index contributed by atoms with van der Waals surface area (Å²) in [4.78, 5) is 2.55. The third-order valence-electron chi connectivity index (χ3n) is 2.83. The highest BCUT2D eigenvalue weighted by Crippen LogP contribution is 2.15. The second kappa shape index (κ2) is 5.28.